The van der Waals surface area contributed by atoms with Crippen LogP contribution in [0, 0.1) is 0 Å². The number of sulfonamides is 1. The lowest BCUT2D eigenvalue weighted by atomic mass is 10.2. The maximum Gasteiger partial charge on any atom is 0.239 e. The summed E-state index contributed by atoms with van der Waals surface area (Å²) in [5.74, 6) is 0.256. The van der Waals surface area contributed by atoms with Gasteiger partial charge < -0.3 is 10.2 Å². The molecule has 2 heterocycles. The second-order valence-corrected chi connectivity index (χ2v) is 7.03. The van der Waals surface area contributed by atoms with Crippen molar-refractivity contribution in [2.24, 2.45) is 0 Å². The first kappa shape index (κ1) is 13.8. The third-order valence-electron chi connectivity index (χ3n) is 3.67. The minimum atomic E-state index is -3.11. The molecular weight excluding hydrogens is 254 g/mol. The van der Waals surface area contributed by atoms with E-state index in [1.54, 1.807) is 11.8 Å². The Morgan fingerprint density at radius 3 is 2.44 bits per heavy atom. The normalized spacial score (nSPS) is 26.5. The van der Waals surface area contributed by atoms with Crippen LogP contribution in [0.3, 0.4) is 0 Å². The van der Waals surface area contributed by atoms with E-state index in [1.807, 2.05) is 0 Å². The Hall–Kier alpha value is -0.660. The number of carbonyl (C=O) groups is 1. The molecule has 2 saturated heterocycles. The maximum atomic E-state index is 12.1. The van der Waals surface area contributed by atoms with Crippen LogP contribution in [0.5, 0.6) is 0 Å². The lowest BCUT2D eigenvalue weighted by Crippen LogP contribution is -2.54. The molecule has 0 spiro atoms. The number of nitrogens with zero attached hydrogens (tertiary/aromatic N) is 2. The van der Waals surface area contributed by atoms with Crippen LogP contribution in [-0.2, 0) is 14.8 Å². The molecule has 0 aromatic carbocycles. The van der Waals surface area contributed by atoms with Gasteiger partial charge in [0.15, 0.2) is 0 Å². The average Bonchev–Trinajstić information content (AvgIpc) is 2.92. The summed E-state index contributed by atoms with van der Waals surface area (Å²) in [5.41, 5.74) is 0. The average molecular weight is 275 g/mol. The highest BCUT2D eigenvalue weighted by Crippen LogP contribution is 2.12. The van der Waals surface area contributed by atoms with E-state index in [4.69, 9.17) is 0 Å². The zero-order valence-electron chi connectivity index (χ0n) is 10.8. The van der Waals surface area contributed by atoms with E-state index in [2.05, 4.69) is 5.32 Å². The molecule has 0 aromatic heterocycles. The molecule has 0 aromatic rings. The summed E-state index contributed by atoms with van der Waals surface area (Å²) < 4.78 is 24.9. The van der Waals surface area contributed by atoms with Crippen molar-refractivity contribution in [2.45, 2.75) is 25.8 Å². The van der Waals surface area contributed by atoms with Gasteiger partial charge in [0.1, 0.15) is 0 Å². The van der Waals surface area contributed by atoms with Gasteiger partial charge in [-0.25, -0.2) is 8.42 Å². The molecular formula is C11H21N3O3S. The molecule has 7 heteroatoms. The molecule has 18 heavy (non-hydrogen) atoms. The molecule has 2 aliphatic rings. The molecule has 0 unspecified atom stereocenters. The standard InChI is InChI=1S/C11H21N3O3S/c1-2-18(16,17)14-8-6-13(7-9-14)11(15)10-4-3-5-12-10/h10,12H,2-9H2,1H3/t10-/m0/s1. The van der Waals surface area contributed by atoms with Crippen LogP contribution in [-0.4, -0.2) is 68.0 Å². The summed E-state index contributed by atoms with van der Waals surface area (Å²) in [6.45, 7) is 4.42. The van der Waals surface area contributed by atoms with Gasteiger partial charge in [0.05, 0.1) is 11.8 Å². The van der Waals surface area contributed by atoms with Crippen molar-refractivity contribution < 1.29 is 13.2 Å². The quantitative estimate of drug-likeness (QED) is 0.734. The first-order chi connectivity index (χ1) is 8.54. The van der Waals surface area contributed by atoms with Gasteiger partial charge >= 0.3 is 0 Å². The second kappa shape index (κ2) is 5.54. The van der Waals surface area contributed by atoms with Crippen LogP contribution in [0.1, 0.15) is 19.8 Å². The number of hydrogen-bond acceptors (Lipinski definition) is 4. The minimum absolute atomic E-state index is 0.0562. The number of amides is 1. The third kappa shape index (κ3) is 2.84. The highest BCUT2D eigenvalue weighted by Gasteiger charge is 2.31. The highest BCUT2D eigenvalue weighted by atomic mass is 32.2. The molecule has 104 valence electrons. The first-order valence-electron chi connectivity index (χ1n) is 6.54. The van der Waals surface area contributed by atoms with Crippen molar-refractivity contribution in [1.82, 2.24) is 14.5 Å². The van der Waals surface area contributed by atoms with Crippen molar-refractivity contribution >= 4 is 15.9 Å². The third-order valence-corrected chi connectivity index (χ3v) is 5.55. The fraction of sp³-hybridized carbons (Fsp3) is 0.909. The molecule has 0 saturated carbocycles. The molecule has 0 bridgehead atoms. The SMILES string of the molecule is CCS(=O)(=O)N1CCN(C(=O)[C@@H]2CCCN2)CC1. The van der Waals surface area contributed by atoms with Gasteiger partial charge in [-0.15, -0.1) is 0 Å². The molecule has 2 rings (SSSR count). The largest absolute Gasteiger partial charge is 0.339 e. The van der Waals surface area contributed by atoms with E-state index in [0.29, 0.717) is 26.2 Å². The van der Waals surface area contributed by atoms with Gasteiger partial charge in [0, 0.05) is 26.2 Å². The summed E-state index contributed by atoms with van der Waals surface area (Å²) in [4.78, 5) is 13.9. The predicted molar refractivity (Wildman–Crippen MR) is 68.6 cm³/mol. The summed E-state index contributed by atoms with van der Waals surface area (Å²) >= 11 is 0. The summed E-state index contributed by atoms with van der Waals surface area (Å²) in [5, 5.41) is 3.18. The van der Waals surface area contributed by atoms with Gasteiger partial charge in [0.2, 0.25) is 15.9 Å². The van der Waals surface area contributed by atoms with E-state index in [9.17, 15) is 13.2 Å². The molecule has 2 aliphatic heterocycles. The van der Waals surface area contributed by atoms with Crippen molar-refractivity contribution in [2.75, 3.05) is 38.5 Å². The number of hydrogen-bond donors (Lipinski definition) is 1. The van der Waals surface area contributed by atoms with E-state index >= 15 is 0 Å². The zero-order chi connectivity index (χ0) is 13.2. The summed E-state index contributed by atoms with van der Waals surface area (Å²) in [6, 6.07) is -0.0562. The summed E-state index contributed by atoms with van der Waals surface area (Å²) in [7, 11) is -3.11. The van der Waals surface area contributed by atoms with Crippen molar-refractivity contribution in [3.05, 3.63) is 0 Å². The number of nitrogens with one attached hydrogen (secondary N) is 1. The molecule has 1 N–H and O–H groups in total. The zero-order valence-corrected chi connectivity index (χ0v) is 11.6. The Morgan fingerprint density at radius 1 is 1.28 bits per heavy atom. The fourth-order valence-electron chi connectivity index (χ4n) is 2.48. The van der Waals surface area contributed by atoms with Crippen molar-refractivity contribution in [3.8, 4) is 0 Å². The maximum absolute atomic E-state index is 12.1. The molecule has 0 aliphatic carbocycles. The fourth-order valence-corrected chi connectivity index (χ4v) is 3.57. The van der Waals surface area contributed by atoms with Crippen molar-refractivity contribution in [3.63, 3.8) is 0 Å². The van der Waals surface area contributed by atoms with E-state index < -0.39 is 10.0 Å². The van der Waals surface area contributed by atoms with E-state index in [0.717, 1.165) is 19.4 Å². The Balaban J connectivity index is 1.88. The number of rotatable bonds is 3. The molecule has 6 nitrogen and oxygen atoms in total. The molecule has 0 radical (unpaired) electrons. The van der Waals surface area contributed by atoms with Gasteiger partial charge in [0.25, 0.3) is 0 Å². The minimum Gasteiger partial charge on any atom is -0.339 e. The van der Waals surface area contributed by atoms with Gasteiger partial charge in [-0.05, 0) is 26.3 Å². The van der Waals surface area contributed by atoms with Crippen LogP contribution >= 0.6 is 0 Å². The molecule has 1 atom stereocenters. The molecule has 2 fully saturated rings. The lowest BCUT2D eigenvalue weighted by molar-refractivity contribution is -0.134. The van der Waals surface area contributed by atoms with Gasteiger partial charge in [-0.1, -0.05) is 0 Å². The Kier molecular flexibility index (Phi) is 4.24. The Morgan fingerprint density at radius 2 is 1.94 bits per heavy atom. The topological polar surface area (TPSA) is 69.7 Å². The first-order valence-corrected chi connectivity index (χ1v) is 8.15. The number of piperazine rings is 1. The van der Waals surface area contributed by atoms with Crippen LogP contribution in [0.4, 0.5) is 0 Å². The predicted octanol–water partition coefficient (Wildman–Crippen LogP) is -0.768. The van der Waals surface area contributed by atoms with Gasteiger partial charge in [-0.2, -0.15) is 4.31 Å². The molecule has 1 amide bonds. The Bertz CT molecular complexity index is 396. The van der Waals surface area contributed by atoms with E-state index in [1.165, 1.54) is 4.31 Å². The van der Waals surface area contributed by atoms with Gasteiger partial charge in [-0.3, -0.25) is 4.79 Å². The smallest absolute Gasteiger partial charge is 0.239 e. The summed E-state index contributed by atoms with van der Waals surface area (Å²) in [6.07, 6.45) is 1.94. The Labute approximate surface area is 108 Å². The lowest BCUT2D eigenvalue weighted by Gasteiger charge is -2.35. The van der Waals surface area contributed by atoms with Crippen LogP contribution in [0.15, 0.2) is 0 Å². The van der Waals surface area contributed by atoms with Crippen molar-refractivity contribution in [1.29, 1.82) is 0 Å². The van der Waals surface area contributed by atoms with Crippen LogP contribution < -0.4 is 5.32 Å². The van der Waals surface area contributed by atoms with Crippen LogP contribution in [0.25, 0.3) is 0 Å². The van der Waals surface area contributed by atoms with E-state index in [-0.39, 0.29) is 17.7 Å². The number of carbonyl (C=O) groups excluding carboxylic acids is 1. The monoisotopic (exact) mass is 275 g/mol. The highest BCUT2D eigenvalue weighted by molar-refractivity contribution is 7.89. The second-order valence-electron chi connectivity index (χ2n) is 4.77. The van der Waals surface area contributed by atoms with Crippen LogP contribution in [0.2, 0.25) is 0 Å².